The zero-order valence-electron chi connectivity index (χ0n) is 12.0. The molecule has 110 valence electrons. The molecule has 6 heteroatoms. The highest BCUT2D eigenvalue weighted by molar-refractivity contribution is 5.74. The fourth-order valence-electron chi connectivity index (χ4n) is 2.59. The van der Waals surface area contributed by atoms with Crippen LogP contribution in [0.2, 0.25) is 0 Å². The fourth-order valence-corrected chi connectivity index (χ4v) is 2.59. The summed E-state index contributed by atoms with van der Waals surface area (Å²) in [6.07, 6.45) is 1.80. The molecule has 1 aromatic heterocycles. The maximum absolute atomic E-state index is 12.0. The SMILES string of the molecule is CCNC(=O)N1CCCC1c1nc(-c2ccccc2)no1. The van der Waals surface area contributed by atoms with Crippen LogP contribution >= 0.6 is 0 Å². The minimum Gasteiger partial charge on any atom is -0.338 e. The average Bonchev–Trinajstić information content (AvgIpc) is 3.17. The van der Waals surface area contributed by atoms with Crippen LogP contribution in [0.25, 0.3) is 11.4 Å². The molecular formula is C15H18N4O2. The number of amides is 2. The molecule has 1 N–H and O–H groups in total. The van der Waals surface area contributed by atoms with Gasteiger partial charge in [0.05, 0.1) is 0 Å². The van der Waals surface area contributed by atoms with Crippen LogP contribution < -0.4 is 5.32 Å². The molecule has 1 atom stereocenters. The monoisotopic (exact) mass is 286 g/mol. The Hall–Kier alpha value is -2.37. The molecule has 1 aliphatic rings. The van der Waals surface area contributed by atoms with Gasteiger partial charge in [0.1, 0.15) is 6.04 Å². The summed E-state index contributed by atoms with van der Waals surface area (Å²) in [5.74, 6) is 1.07. The molecule has 1 aliphatic heterocycles. The quantitative estimate of drug-likeness (QED) is 0.941. The number of rotatable bonds is 3. The summed E-state index contributed by atoms with van der Waals surface area (Å²) in [5, 5.41) is 6.85. The third kappa shape index (κ3) is 2.74. The highest BCUT2D eigenvalue weighted by Crippen LogP contribution is 2.31. The number of urea groups is 1. The minimum atomic E-state index is -0.124. The molecule has 3 rings (SSSR count). The van der Waals surface area contributed by atoms with E-state index in [4.69, 9.17) is 4.52 Å². The second-order valence-corrected chi connectivity index (χ2v) is 5.01. The smallest absolute Gasteiger partial charge is 0.318 e. The maximum Gasteiger partial charge on any atom is 0.318 e. The number of nitrogens with zero attached hydrogens (tertiary/aromatic N) is 3. The van der Waals surface area contributed by atoms with Crippen LogP contribution in [-0.4, -0.2) is 34.2 Å². The first-order valence-corrected chi connectivity index (χ1v) is 7.23. The van der Waals surface area contributed by atoms with E-state index in [2.05, 4.69) is 15.5 Å². The largest absolute Gasteiger partial charge is 0.338 e. The van der Waals surface area contributed by atoms with Gasteiger partial charge in [0.15, 0.2) is 0 Å². The van der Waals surface area contributed by atoms with Gasteiger partial charge in [-0.05, 0) is 19.8 Å². The molecule has 1 fully saturated rings. The molecule has 1 saturated heterocycles. The van der Waals surface area contributed by atoms with Crippen molar-refractivity contribution < 1.29 is 9.32 Å². The molecule has 1 unspecified atom stereocenters. The van der Waals surface area contributed by atoms with Gasteiger partial charge in [-0.2, -0.15) is 4.98 Å². The lowest BCUT2D eigenvalue weighted by Gasteiger charge is -2.21. The lowest BCUT2D eigenvalue weighted by atomic mass is 10.2. The minimum absolute atomic E-state index is 0.0699. The molecule has 0 saturated carbocycles. The Bertz CT molecular complexity index is 611. The Morgan fingerprint density at radius 2 is 2.24 bits per heavy atom. The Kier molecular flexibility index (Phi) is 3.85. The van der Waals surface area contributed by atoms with Crippen LogP contribution in [0.3, 0.4) is 0 Å². The molecule has 2 aromatic rings. The van der Waals surface area contributed by atoms with Crippen LogP contribution in [0.1, 0.15) is 31.7 Å². The predicted molar refractivity (Wildman–Crippen MR) is 77.5 cm³/mol. The van der Waals surface area contributed by atoms with Crippen molar-refractivity contribution in [2.75, 3.05) is 13.1 Å². The second-order valence-electron chi connectivity index (χ2n) is 5.01. The van der Waals surface area contributed by atoms with Crippen molar-refractivity contribution >= 4 is 6.03 Å². The third-order valence-electron chi connectivity index (χ3n) is 3.60. The van der Waals surface area contributed by atoms with Gasteiger partial charge < -0.3 is 14.7 Å². The van der Waals surface area contributed by atoms with E-state index in [1.54, 1.807) is 4.90 Å². The first-order valence-electron chi connectivity index (χ1n) is 7.23. The van der Waals surface area contributed by atoms with Crippen molar-refractivity contribution in [2.45, 2.75) is 25.8 Å². The summed E-state index contributed by atoms with van der Waals surface area (Å²) >= 11 is 0. The summed E-state index contributed by atoms with van der Waals surface area (Å²) in [4.78, 5) is 18.3. The van der Waals surface area contributed by atoms with Crippen LogP contribution in [-0.2, 0) is 0 Å². The van der Waals surface area contributed by atoms with E-state index in [-0.39, 0.29) is 12.1 Å². The number of benzene rings is 1. The number of aromatic nitrogens is 2. The normalized spacial score (nSPS) is 18.0. The Morgan fingerprint density at radius 3 is 3.00 bits per heavy atom. The van der Waals surface area contributed by atoms with Crippen LogP contribution in [0.15, 0.2) is 34.9 Å². The molecule has 0 spiro atoms. The van der Waals surface area contributed by atoms with Crippen molar-refractivity contribution in [3.8, 4) is 11.4 Å². The van der Waals surface area contributed by atoms with Crippen molar-refractivity contribution in [3.63, 3.8) is 0 Å². The van der Waals surface area contributed by atoms with E-state index in [1.807, 2.05) is 37.3 Å². The van der Waals surface area contributed by atoms with Crippen LogP contribution in [0.5, 0.6) is 0 Å². The van der Waals surface area contributed by atoms with Gasteiger partial charge in [-0.25, -0.2) is 4.79 Å². The highest BCUT2D eigenvalue weighted by atomic mass is 16.5. The molecule has 2 amide bonds. The topological polar surface area (TPSA) is 71.3 Å². The van der Waals surface area contributed by atoms with Crippen LogP contribution in [0.4, 0.5) is 4.79 Å². The Labute approximate surface area is 123 Å². The van der Waals surface area contributed by atoms with E-state index in [9.17, 15) is 4.79 Å². The molecule has 0 radical (unpaired) electrons. The van der Waals surface area contributed by atoms with Gasteiger partial charge >= 0.3 is 6.03 Å². The number of hydrogen-bond acceptors (Lipinski definition) is 4. The van der Waals surface area contributed by atoms with E-state index < -0.39 is 0 Å². The lowest BCUT2D eigenvalue weighted by Crippen LogP contribution is -2.39. The number of likely N-dealkylation sites (tertiary alicyclic amines) is 1. The first kappa shape index (κ1) is 13.6. The summed E-state index contributed by atoms with van der Waals surface area (Å²) in [5.41, 5.74) is 0.912. The van der Waals surface area contributed by atoms with E-state index in [0.717, 1.165) is 24.9 Å². The average molecular weight is 286 g/mol. The van der Waals surface area contributed by atoms with E-state index >= 15 is 0 Å². The van der Waals surface area contributed by atoms with Gasteiger partial charge in [-0.1, -0.05) is 35.5 Å². The lowest BCUT2D eigenvalue weighted by molar-refractivity contribution is 0.181. The van der Waals surface area contributed by atoms with Crippen molar-refractivity contribution in [2.24, 2.45) is 0 Å². The number of carbonyl (C=O) groups is 1. The summed E-state index contributed by atoms with van der Waals surface area (Å²) in [6, 6.07) is 9.48. The Balaban J connectivity index is 1.81. The molecule has 1 aromatic carbocycles. The van der Waals surface area contributed by atoms with Crippen molar-refractivity contribution in [3.05, 3.63) is 36.2 Å². The molecule has 0 bridgehead atoms. The van der Waals surface area contributed by atoms with Gasteiger partial charge in [-0.3, -0.25) is 0 Å². The fraction of sp³-hybridized carbons (Fsp3) is 0.400. The van der Waals surface area contributed by atoms with Gasteiger partial charge in [0, 0.05) is 18.7 Å². The van der Waals surface area contributed by atoms with Gasteiger partial charge in [0.25, 0.3) is 0 Å². The summed E-state index contributed by atoms with van der Waals surface area (Å²) < 4.78 is 5.38. The zero-order valence-corrected chi connectivity index (χ0v) is 12.0. The number of hydrogen-bond donors (Lipinski definition) is 1. The summed E-state index contributed by atoms with van der Waals surface area (Å²) in [7, 11) is 0. The van der Waals surface area contributed by atoms with Crippen LogP contribution in [0, 0.1) is 0 Å². The van der Waals surface area contributed by atoms with Crippen molar-refractivity contribution in [1.82, 2.24) is 20.4 Å². The molecule has 0 aliphatic carbocycles. The molecule has 2 heterocycles. The zero-order chi connectivity index (χ0) is 14.7. The second kappa shape index (κ2) is 5.95. The third-order valence-corrected chi connectivity index (χ3v) is 3.60. The summed E-state index contributed by atoms with van der Waals surface area (Å²) in [6.45, 7) is 3.24. The molecule has 21 heavy (non-hydrogen) atoms. The first-order chi connectivity index (χ1) is 10.3. The highest BCUT2D eigenvalue weighted by Gasteiger charge is 2.33. The van der Waals surface area contributed by atoms with E-state index in [0.29, 0.717) is 18.3 Å². The predicted octanol–water partition coefficient (Wildman–Crippen LogP) is 2.60. The van der Waals surface area contributed by atoms with Gasteiger partial charge in [-0.15, -0.1) is 0 Å². The molecule has 6 nitrogen and oxygen atoms in total. The van der Waals surface area contributed by atoms with E-state index in [1.165, 1.54) is 0 Å². The standard InChI is InChI=1S/C15H18N4O2/c1-2-16-15(20)19-10-6-9-12(19)14-17-13(18-21-14)11-7-4-3-5-8-11/h3-5,7-8,12H,2,6,9-10H2,1H3,(H,16,20). The van der Waals surface area contributed by atoms with Gasteiger partial charge in [0.2, 0.25) is 11.7 Å². The molecular weight excluding hydrogens is 268 g/mol. The maximum atomic E-state index is 12.0. The number of nitrogens with one attached hydrogen (secondary N) is 1. The Morgan fingerprint density at radius 1 is 1.43 bits per heavy atom. The number of carbonyl (C=O) groups excluding carboxylic acids is 1. The van der Waals surface area contributed by atoms with Crippen molar-refractivity contribution in [1.29, 1.82) is 0 Å².